The molecule has 0 radical (unpaired) electrons. The number of H-pyrrole nitrogens is 1. The van der Waals surface area contributed by atoms with Crippen LogP contribution in [0.1, 0.15) is 49.6 Å². The Labute approximate surface area is 138 Å². The van der Waals surface area contributed by atoms with Gasteiger partial charge in [0.25, 0.3) is 5.56 Å². The zero-order valence-corrected chi connectivity index (χ0v) is 14.3. The molecule has 1 aliphatic carbocycles. The number of allylic oxidation sites excluding steroid dienone is 1. The maximum Gasteiger partial charge on any atom is 0.331 e. The van der Waals surface area contributed by atoms with Gasteiger partial charge in [0, 0.05) is 11.0 Å². The lowest BCUT2D eigenvalue weighted by Gasteiger charge is -2.17. The first kappa shape index (κ1) is 15.9. The highest BCUT2D eigenvalue weighted by Gasteiger charge is 2.24. The molecule has 6 heteroatoms. The maximum absolute atomic E-state index is 12.5. The Morgan fingerprint density at radius 3 is 3.04 bits per heavy atom. The largest absolute Gasteiger partial charge is 0.451 e. The third-order valence-electron chi connectivity index (χ3n) is 4.16. The summed E-state index contributed by atoms with van der Waals surface area (Å²) in [6.45, 7) is 5.69. The lowest BCUT2D eigenvalue weighted by atomic mass is 9.89. The highest BCUT2D eigenvalue weighted by atomic mass is 32.1. The monoisotopic (exact) mass is 332 g/mol. The van der Waals surface area contributed by atoms with E-state index in [1.165, 1.54) is 11.0 Å². The quantitative estimate of drug-likeness (QED) is 0.691. The predicted molar refractivity (Wildman–Crippen MR) is 90.8 cm³/mol. The van der Waals surface area contributed by atoms with Gasteiger partial charge >= 0.3 is 5.97 Å². The highest BCUT2D eigenvalue weighted by molar-refractivity contribution is 7.18. The van der Waals surface area contributed by atoms with Crippen LogP contribution in [0.2, 0.25) is 0 Å². The number of carbonyl (C=O) groups excluding carboxylic acids is 1. The molecule has 2 atom stereocenters. The number of rotatable bonds is 3. The number of ether oxygens (including phenoxy) is 1. The summed E-state index contributed by atoms with van der Waals surface area (Å²) in [5.41, 5.74) is 1.02. The molecule has 0 saturated carbocycles. The Hall–Kier alpha value is -1.95. The van der Waals surface area contributed by atoms with Crippen molar-refractivity contribution in [3.8, 4) is 0 Å². The van der Waals surface area contributed by atoms with Crippen molar-refractivity contribution >= 4 is 27.5 Å². The molecule has 0 spiro atoms. The van der Waals surface area contributed by atoms with E-state index in [0.29, 0.717) is 17.1 Å². The number of hydrogen-bond donors (Lipinski definition) is 1. The molecule has 0 aromatic carbocycles. The molecule has 3 rings (SSSR count). The number of nitrogens with one attached hydrogen (secondary N) is 1. The van der Waals surface area contributed by atoms with Crippen molar-refractivity contribution < 1.29 is 9.53 Å². The summed E-state index contributed by atoms with van der Waals surface area (Å²) in [4.78, 5) is 33.4. The summed E-state index contributed by atoms with van der Waals surface area (Å²) in [7, 11) is 0. The van der Waals surface area contributed by atoms with E-state index in [1.807, 2.05) is 0 Å². The van der Waals surface area contributed by atoms with E-state index in [4.69, 9.17) is 4.74 Å². The van der Waals surface area contributed by atoms with E-state index in [0.717, 1.165) is 29.7 Å². The van der Waals surface area contributed by atoms with Crippen molar-refractivity contribution in [2.45, 2.75) is 46.1 Å². The molecule has 5 nitrogen and oxygen atoms in total. The van der Waals surface area contributed by atoms with Crippen molar-refractivity contribution in [1.82, 2.24) is 9.97 Å². The molecule has 0 unspecified atom stereocenters. The molecular formula is C17H20N2O3S. The standard InChI is InChI=1S/C17H20N2O3S/c1-4-5-13(20)22-10(3)15-18-16(21)14-11-7-6-9(2)8-12(11)23-17(14)19-15/h4-5,9-10H,6-8H2,1-3H3,(H,18,19,21)/b5-4+/t9-,10+/m0/s1. The van der Waals surface area contributed by atoms with Gasteiger partial charge in [-0.25, -0.2) is 9.78 Å². The second-order valence-corrected chi connectivity index (χ2v) is 7.15. The normalized spacial score (nSPS) is 19.0. The van der Waals surface area contributed by atoms with Gasteiger partial charge in [0.15, 0.2) is 11.9 Å². The van der Waals surface area contributed by atoms with E-state index in [1.54, 1.807) is 31.3 Å². The lowest BCUT2D eigenvalue weighted by Crippen LogP contribution is -2.17. The zero-order chi connectivity index (χ0) is 16.6. The molecule has 0 aliphatic heterocycles. The van der Waals surface area contributed by atoms with Gasteiger partial charge < -0.3 is 9.72 Å². The second-order valence-electron chi connectivity index (χ2n) is 6.06. The fraction of sp³-hybridized carbons (Fsp3) is 0.471. The van der Waals surface area contributed by atoms with Crippen molar-refractivity contribution in [3.05, 3.63) is 38.8 Å². The average molecular weight is 332 g/mol. The van der Waals surface area contributed by atoms with E-state index in [9.17, 15) is 9.59 Å². The van der Waals surface area contributed by atoms with Gasteiger partial charge in [0.05, 0.1) is 5.39 Å². The third kappa shape index (κ3) is 3.08. The average Bonchev–Trinajstić information content (AvgIpc) is 2.84. The minimum Gasteiger partial charge on any atom is -0.451 e. The Morgan fingerprint density at radius 2 is 2.30 bits per heavy atom. The Morgan fingerprint density at radius 1 is 1.52 bits per heavy atom. The van der Waals surface area contributed by atoms with Gasteiger partial charge in [-0.2, -0.15) is 0 Å². The maximum atomic E-state index is 12.5. The topological polar surface area (TPSA) is 72.0 Å². The van der Waals surface area contributed by atoms with Crippen LogP contribution in [0, 0.1) is 5.92 Å². The molecule has 23 heavy (non-hydrogen) atoms. The number of hydrogen-bond acceptors (Lipinski definition) is 5. The first-order chi connectivity index (χ1) is 11.0. The number of aryl methyl sites for hydroxylation is 1. The Bertz CT molecular complexity index is 834. The van der Waals surface area contributed by atoms with Gasteiger partial charge in [0.1, 0.15) is 4.83 Å². The van der Waals surface area contributed by atoms with Crippen LogP contribution in [0.5, 0.6) is 0 Å². The molecule has 0 bridgehead atoms. The smallest absolute Gasteiger partial charge is 0.331 e. The van der Waals surface area contributed by atoms with Crippen LogP contribution in [-0.4, -0.2) is 15.9 Å². The molecule has 0 saturated heterocycles. The molecule has 2 heterocycles. The van der Waals surface area contributed by atoms with Gasteiger partial charge in [-0.05, 0) is 44.6 Å². The summed E-state index contributed by atoms with van der Waals surface area (Å²) >= 11 is 1.59. The minimum atomic E-state index is -0.589. The minimum absolute atomic E-state index is 0.133. The van der Waals surface area contributed by atoms with Crippen LogP contribution in [0.15, 0.2) is 16.9 Å². The summed E-state index contributed by atoms with van der Waals surface area (Å²) < 4.78 is 5.25. The van der Waals surface area contributed by atoms with Crippen molar-refractivity contribution in [2.75, 3.05) is 0 Å². The zero-order valence-electron chi connectivity index (χ0n) is 13.5. The summed E-state index contributed by atoms with van der Waals surface area (Å²) in [6, 6.07) is 0. The Balaban J connectivity index is 1.98. The number of aromatic amines is 1. The van der Waals surface area contributed by atoms with Crippen molar-refractivity contribution in [3.63, 3.8) is 0 Å². The number of nitrogens with zero attached hydrogens (tertiary/aromatic N) is 1. The molecular weight excluding hydrogens is 312 g/mol. The highest BCUT2D eigenvalue weighted by Crippen LogP contribution is 2.35. The molecule has 0 fully saturated rings. The van der Waals surface area contributed by atoms with E-state index in [2.05, 4.69) is 16.9 Å². The van der Waals surface area contributed by atoms with Crippen molar-refractivity contribution in [1.29, 1.82) is 0 Å². The molecule has 0 amide bonds. The van der Waals surface area contributed by atoms with E-state index in [-0.39, 0.29) is 5.56 Å². The number of thiophene rings is 1. The molecule has 122 valence electrons. The van der Waals surface area contributed by atoms with Gasteiger partial charge in [-0.3, -0.25) is 4.79 Å². The van der Waals surface area contributed by atoms with Gasteiger partial charge in [0.2, 0.25) is 0 Å². The summed E-state index contributed by atoms with van der Waals surface area (Å²) in [5, 5.41) is 0.715. The van der Waals surface area contributed by atoms with Gasteiger partial charge in [-0.1, -0.05) is 13.0 Å². The molecule has 1 N–H and O–H groups in total. The fourth-order valence-electron chi connectivity index (χ4n) is 2.96. The number of aromatic nitrogens is 2. The second kappa shape index (κ2) is 6.28. The van der Waals surface area contributed by atoms with E-state index >= 15 is 0 Å². The van der Waals surface area contributed by atoms with Gasteiger partial charge in [-0.15, -0.1) is 11.3 Å². The Kier molecular flexibility index (Phi) is 4.35. The van der Waals surface area contributed by atoms with E-state index < -0.39 is 12.1 Å². The van der Waals surface area contributed by atoms with Crippen LogP contribution in [0.4, 0.5) is 0 Å². The number of esters is 1. The lowest BCUT2D eigenvalue weighted by molar-refractivity contribution is -0.142. The summed E-state index contributed by atoms with van der Waals surface area (Å²) in [5.74, 6) is 0.601. The first-order valence-electron chi connectivity index (χ1n) is 7.87. The van der Waals surface area contributed by atoms with Crippen molar-refractivity contribution in [2.24, 2.45) is 5.92 Å². The first-order valence-corrected chi connectivity index (χ1v) is 8.69. The summed E-state index contributed by atoms with van der Waals surface area (Å²) in [6.07, 6.45) is 5.43. The van der Waals surface area contributed by atoms with Crippen LogP contribution in [-0.2, 0) is 22.4 Å². The number of carbonyl (C=O) groups is 1. The fourth-order valence-corrected chi connectivity index (χ4v) is 4.35. The predicted octanol–water partition coefficient (Wildman–Crippen LogP) is 3.29. The molecule has 2 aromatic heterocycles. The van der Waals surface area contributed by atoms with Crippen LogP contribution >= 0.6 is 11.3 Å². The van der Waals surface area contributed by atoms with Crippen LogP contribution in [0.25, 0.3) is 10.2 Å². The van der Waals surface area contributed by atoms with Crippen LogP contribution < -0.4 is 5.56 Å². The van der Waals surface area contributed by atoms with Crippen LogP contribution in [0.3, 0.4) is 0 Å². The SMILES string of the molecule is C/C=C/C(=O)O[C@H](C)c1nc2sc3c(c2c(=O)[nH]1)CC[C@H](C)C3. The molecule has 1 aliphatic rings. The number of fused-ring (bicyclic) bond motifs is 3. The third-order valence-corrected chi connectivity index (χ3v) is 5.31. The molecule has 2 aromatic rings.